The smallest absolute Gasteiger partial charge is 0.0516 e. The highest BCUT2D eigenvalue weighted by atomic mass is 35.5. The van der Waals surface area contributed by atoms with E-state index in [2.05, 4.69) is 30.1 Å². The molecule has 0 amide bonds. The summed E-state index contributed by atoms with van der Waals surface area (Å²) >= 11 is 7.68. The molecule has 2 rings (SSSR count). The maximum atomic E-state index is 5.92. The van der Waals surface area contributed by atoms with E-state index in [4.69, 9.17) is 11.6 Å². The molecule has 1 saturated heterocycles. The molecule has 1 aromatic rings. The molecule has 2 heterocycles. The van der Waals surface area contributed by atoms with Gasteiger partial charge in [0.15, 0.2) is 0 Å². The third-order valence-corrected chi connectivity index (χ3v) is 4.14. The first-order valence-corrected chi connectivity index (χ1v) is 6.61. The van der Waals surface area contributed by atoms with Gasteiger partial charge in [-0.15, -0.1) is 11.3 Å². The summed E-state index contributed by atoms with van der Waals surface area (Å²) in [6.45, 7) is 7.75. The van der Waals surface area contributed by atoms with Crippen molar-refractivity contribution in [2.75, 3.05) is 13.1 Å². The Balaban J connectivity index is 1.98. The SMILES string of the molecule is CC1CN(Cc2cc(Cl)cs2)C(C)CN1. The van der Waals surface area contributed by atoms with Crippen LogP contribution in [0.1, 0.15) is 18.7 Å². The lowest BCUT2D eigenvalue weighted by Crippen LogP contribution is -2.53. The van der Waals surface area contributed by atoms with Crippen molar-refractivity contribution < 1.29 is 0 Å². The van der Waals surface area contributed by atoms with E-state index in [-0.39, 0.29) is 0 Å². The van der Waals surface area contributed by atoms with Gasteiger partial charge in [-0.1, -0.05) is 11.6 Å². The van der Waals surface area contributed by atoms with Crippen LogP contribution in [-0.2, 0) is 6.54 Å². The molecule has 4 heteroatoms. The van der Waals surface area contributed by atoms with Crippen LogP contribution >= 0.6 is 22.9 Å². The molecule has 0 saturated carbocycles. The minimum absolute atomic E-state index is 0.594. The number of nitrogens with one attached hydrogen (secondary N) is 1. The van der Waals surface area contributed by atoms with Crippen LogP contribution in [0.25, 0.3) is 0 Å². The summed E-state index contributed by atoms with van der Waals surface area (Å²) in [6.07, 6.45) is 0. The molecule has 2 unspecified atom stereocenters. The van der Waals surface area contributed by atoms with Gasteiger partial charge in [0.05, 0.1) is 5.02 Å². The van der Waals surface area contributed by atoms with Crippen molar-refractivity contribution in [2.45, 2.75) is 32.5 Å². The fraction of sp³-hybridized carbons (Fsp3) is 0.636. The molecule has 0 spiro atoms. The predicted molar refractivity (Wildman–Crippen MR) is 66.7 cm³/mol. The second-order valence-corrected chi connectivity index (χ2v) is 5.75. The highest BCUT2D eigenvalue weighted by Gasteiger charge is 2.22. The summed E-state index contributed by atoms with van der Waals surface area (Å²) in [6, 6.07) is 3.28. The molecule has 2 nitrogen and oxygen atoms in total. The van der Waals surface area contributed by atoms with Gasteiger partial charge in [-0.2, -0.15) is 0 Å². The number of hydrogen-bond donors (Lipinski definition) is 1. The first kappa shape index (κ1) is 11.4. The van der Waals surface area contributed by atoms with Crippen LogP contribution < -0.4 is 5.32 Å². The van der Waals surface area contributed by atoms with Gasteiger partial charge >= 0.3 is 0 Å². The topological polar surface area (TPSA) is 15.3 Å². The average Bonchev–Trinajstić information content (AvgIpc) is 2.58. The molecular formula is C11H17ClN2S. The minimum Gasteiger partial charge on any atom is -0.311 e. The van der Waals surface area contributed by atoms with Gasteiger partial charge in [-0.3, -0.25) is 4.90 Å². The van der Waals surface area contributed by atoms with E-state index in [1.165, 1.54) is 4.88 Å². The van der Waals surface area contributed by atoms with Crippen molar-refractivity contribution in [2.24, 2.45) is 0 Å². The number of hydrogen-bond acceptors (Lipinski definition) is 3. The zero-order chi connectivity index (χ0) is 10.8. The number of piperazine rings is 1. The van der Waals surface area contributed by atoms with Gasteiger partial charge in [0, 0.05) is 42.0 Å². The largest absolute Gasteiger partial charge is 0.311 e. The number of halogens is 1. The molecule has 1 aromatic heterocycles. The Bertz CT molecular complexity index is 326. The highest BCUT2D eigenvalue weighted by molar-refractivity contribution is 7.10. The summed E-state index contributed by atoms with van der Waals surface area (Å²) < 4.78 is 0. The molecule has 2 atom stereocenters. The molecule has 84 valence electrons. The molecule has 1 fully saturated rings. The Morgan fingerprint density at radius 3 is 3.07 bits per heavy atom. The molecule has 0 aromatic carbocycles. The van der Waals surface area contributed by atoms with E-state index in [1.54, 1.807) is 11.3 Å². The number of rotatable bonds is 2. The van der Waals surface area contributed by atoms with E-state index in [1.807, 2.05) is 5.38 Å². The predicted octanol–water partition coefficient (Wildman–Crippen LogP) is 2.58. The van der Waals surface area contributed by atoms with Crippen LogP contribution in [0.4, 0.5) is 0 Å². The Morgan fingerprint density at radius 2 is 2.40 bits per heavy atom. The summed E-state index contributed by atoms with van der Waals surface area (Å²) in [5.41, 5.74) is 0. The van der Waals surface area contributed by atoms with E-state index in [0.29, 0.717) is 12.1 Å². The lowest BCUT2D eigenvalue weighted by Gasteiger charge is -2.37. The van der Waals surface area contributed by atoms with Crippen LogP contribution in [0.3, 0.4) is 0 Å². The molecule has 0 aliphatic carbocycles. The third-order valence-electron chi connectivity index (χ3n) is 2.87. The molecule has 1 aliphatic heterocycles. The molecule has 0 bridgehead atoms. The number of thiophene rings is 1. The quantitative estimate of drug-likeness (QED) is 0.861. The van der Waals surface area contributed by atoms with Crippen molar-refractivity contribution in [3.63, 3.8) is 0 Å². The van der Waals surface area contributed by atoms with Crippen LogP contribution in [0, 0.1) is 0 Å². The van der Waals surface area contributed by atoms with Gasteiger partial charge < -0.3 is 5.32 Å². The van der Waals surface area contributed by atoms with E-state index >= 15 is 0 Å². The summed E-state index contributed by atoms with van der Waals surface area (Å²) in [4.78, 5) is 3.88. The highest BCUT2D eigenvalue weighted by Crippen LogP contribution is 2.22. The molecular weight excluding hydrogens is 228 g/mol. The summed E-state index contributed by atoms with van der Waals surface area (Å²) in [5, 5.41) is 6.36. The Hall–Kier alpha value is -0.0900. The first-order valence-electron chi connectivity index (χ1n) is 5.35. The first-order chi connectivity index (χ1) is 7.15. The van der Waals surface area contributed by atoms with E-state index in [9.17, 15) is 0 Å². The standard InChI is InChI=1S/C11H17ClN2S/c1-8-5-14(9(2)4-13-8)6-11-3-10(12)7-15-11/h3,7-9,13H,4-6H2,1-2H3. The molecule has 15 heavy (non-hydrogen) atoms. The second-order valence-electron chi connectivity index (χ2n) is 4.32. The van der Waals surface area contributed by atoms with Crippen LogP contribution in [0.5, 0.6) is 0 Å². The zero-order valence-corrected chi connectivity index (χ0v) is 10.7. The number of nitrogens with zero attached hydrogens (tertiary/aromatic N) is 1. The van der Waals surface area contributed by atoms with Gasteiger partial charge in [-0.05, 0) is 19.9 Å². The zero-order valence-electron chi connectivity index (χ0n) is 9.16. The van der Waals surface area contributed by atoms with Crippen LogP contribution in [0.15, 0.2) is 11.4 Å². The van der Waals surface area contributed by atoms with E-state index < -0.39 is 0 Å². The van der Waals surface area contributed by atoms with Gasteiger partial charge in [-0.25, -0.2) is 0 Å². The van der Waals surface area contributed by atoms with Crippen LogP contribution in [-0.4, -0.2) is 30.1 Å². The molecule has 1 N–H and O–H groups in total. The lowest BCUT2D eigenvalue weighted by molar-refractivity contribution is 0.140. The fourth-order valence-electron chi connectivity index (χ4n) is 1.95. The van der Waals surface area contributed by atoms with Gasteiger partial charge in [0.25, 0.3) is 0 Å². The normalized spacial score (nSPS) is 28.2. The third kappa shape index (κ3) is 2.94. The Morgan fingerprint density at radius 1 is 1.60 bits per heavy atom. The van der Waals surface area contributed by atoms with E-state index in [0.717, 1.165) is 24.7 Å². The van der Waals surface area contributed by atoms with Gasteiger partial charge in [0.1, 0.15) is 0 Å². The maximum Gasteiger partial charge on any atom is 0.0516 e. The van der Waals surface area contributed by atoms with Gasteiger partial charge in [0.2, 0.25) is 0 Å². The fourth-order valence-corrected chi connectivity index (χ4v) is 3.05. The summed E-state index contributed by atoms with van der Waals surface area (Å²) in [5.74, 6) is 0. The molecule has 0 radical (unpaired) electrons. The minimum atomic E-state index is 0.594. The lowest BCUT2D eigenvalue weighted by atomic mass is 10.1. The second kappa shape index (κ2) is 4.83. The summed E-state index contributed by atoms with van der Waals surface area (Å²) in [7, 11) is 0. The maximum absolute atomic E-state index is 5.92. The molecule has 1 aliphatic rings. The van der Waals surface area contributed by atoms with Crippen molar-refractivity contribution in [3.05, 3.63) is 21.3 Å². The van der Waals surface area contributed by atoms with Crippen molar-refractivity contribution in [3.8, 4) is 0 Å². The van der Waals surface area contributed by atoms with Crippen molar-refractivity contribution >= 4 is 22.9 Å². The Labute approximate surface area is 100 Å². The van der Waals surface area contributed by atoms with Crippen molar-refractivity contribution in [1.29, 1.82) is 0 Å². The monoisotopic (exact) mass is 244 g/mol. The van der Waals surface area contributed by atoms with Crippen LogP contribution in [0.2, 0.25) is 5.02 Å². The van der Waals surface area contributed by atoms with Crippen molar-refractivity contribution in [1.82, 2.24) is 10.2 Å². The Kier molecular flexibility index (Phi) is 3.67. The average molecular weight is 245 g/mol.